The van der Waals surface area contributed by atoms with Gasteiger partial charge in [-0.3, -0.25) is 4.79 Å². The average Bonchev–Trinajstić information content (AvgIpc) is 3.13. The Hall–Kier alpha value is -3.50. The number of nitrogens with one attached hydrogen (secondary N) is 1. The number of carbonyl (C=O) groups excluding carboxylic acids is 1. The van der Waals surface area contributed by atoms with Crippen LogP contribution in [-0.4, -0.2) is 46.0 Å². The Labute approximate surface area is 179 Å². The maximum absolute atomic E-state index is 13.2. The molecule has 0 spiro atoms. The Morgan fingerprint density at radius 2 is 1.74 bits per heavy atom. The number of hydrogen-bond acceptors (Lipinski definition) is 5. The van der Waals surface area contributed by atoms with Gasteiger partial charge in [0.25, 0.3) is 0 Å². The number of sulfonamides is 1. The smallest absolute Gasteiger partial charge is 0.356 e. The molecule has 1 aromatic heterocycles. The number of carboxylic acids is 1. The van der Waals surface area contributed by atoms with Crippen LogP contribution in [0.25, 0.3) is 5.69 Å². The highest BCUT2D eigenvalue weighted by molar-refractivity contribution is 7.89. The molecule has 10 heteroatoms. The van der Waals surface area contributed by atoms with E-state index in [1.165, 1.54) is 35.5 Å². The van der Waals surface area contributed by atoms with Crippen LogP contribution in [0.1, 0.15) is 28.7 Å². The Bertz CT molecular complexity index is 1250. The van der Waals surface area contributed by atoms with Gasteiger partial charge >= 0.3 is 5.97 Å². The van der Waals surface area contributed by atoms with Crippen molar-refractivity contribution in [2.45, 2.75) is 24.8 Å². The highest BCUT2D eigenvalue weighted by Crippen LogP contribution is 2.29. The lowest BCUT2D eigenvalue weighted by molar-refractivity contribution is -0.114. The first-order valence-corrected chi connectivity index (χ1v) is 11.0. The van der Waals surface area contributed by atoms with E-state index < -0.39 is 16.0 Å². The first kappa shape index (κ1) is 20.8. The second-order valence-electron chi connectivity index (χ2n) is 7.12. The number of hydrogen-bond donors (Lipinski definition) is 2. The molecule has 160 valence electrons. The molecule has 0 aliphatic carbocycles. The second kappa shape index (κ2) is 7.97. The Balaban J connectivity index is 1.67. The van der Waals surface area contributed by atoms with Crippen LogP contribution >= 0.6 is 0 Å². The monoisotopic (exact) mass is 440 g/mol. The van der Waals surface area contributed by atoms with Crippen LogP contribution in [0, 0.1) is 0 Å². The summed E-state index contributed by atoms with van der Waals surface area (Å²) in [6, 6.07) is 15.0. The van der Waals surface area contributed by atoms with E-state index in [1.54, 1.807) is 4.68 Å². The second-order valence-corrected chi connectivity index (χ2v) is 9.06. The summed E-state index contributed by atoms with van der Waals surface area (Å²) in [5.41, 5.74) is 2.14. The van der Waals surface area contributed by atoms with Gasteiger partial charge in [-0.25, -0.2) is 17.9 Å². The van der Waals surface area contributed by atoms with Gasteiger partial charge in [0.15, 0.2) is 5.69 Å². The molecule has 31 heavy (non-hydrogen) atoms. The molecule has 2 N–H and O–H groups in total. The number of para-hydroxylation sites is 1. The predicted molar refractivity (Wildman–Crippen MR) is 113 cm³/mol. The highest BCUT2D eigenvalue weighted by atomic mass is 32.2. The van der Waals surface area contributed by atoms with E-state index in [0.29, 0.717) is 23.4 Å². The van der Waals surface area contributed by atoms with E-state index in [0.717, 1.165) is 5.69 Å². The minimum Gasteiger partial charge on any atom is -0.476 e. The summed E-state index contributed by atoms with van der Waals surface area (Å²) in [5, 5.41) is 16.5. The first-order chi connectivity index (χ1) is 14.8. The van der Waals surface area contributed by atoms with Crippen molar-refractivity contribution in [3.63, 3.8) is 0 Å². The van der Waals surface area contributed by atoms with E-state index in [-0.39, 0.29) is 29.6 Å². The summed E-state index contributed by atoms with van der Waals surface area (Å²) in [6.07, 6.45) is 0.327. The zero-order valence-electron chi connectivity index (χ0n) is 16.6. The largest absolute Gasteiger partial charge is 0.476 e. The van der Waals surface area contributed by atoms with Crippen LogP contribution in [0.4, 0.5) is 5.69 Å². The summed E-state index contributed by atoms with van der Waals surface area (Å²) in [7, 11) is -3.86. The summed E-state index contributed by atoms with van der Waals surface area (Å²) in [5.74, 6) is -1.46. The van der Waals surface area contributed by atoms with E-state index in [4.69, 9.17) is 0 Å². The van der Waals surface area contributed by atoms with Crippen molar-refractivity contribution in [3.8, 4) is 5.69 Å². The number of carboxylic acid groups (broad SMARTS) is 1. The maximum atomic E-state index is 13.2. The van der Waals surface area contributed by atoms with Crippen LogP contribution in [0.2, 0.25) is 0 Å². The van der Waals surface area contributed by atoms with E-state index in [9.17, 15) is 23.1 Å². The molecule has 4 rings (SSSR count). The van der Waals surface area contributed by atoms with Gasteiger partial charge in [0, 0.05) is 37.7 Å². The van der Waals surface area contributed by atoms with Crippen molar-refractivity contribution in [3.05, 3.63) is 71.5 Å². The van der Waals surface area contributed by atoms with Crippen molar-refractivity contribution < 1.29 is 23.1 Å². The molecule has 1 amide bonds. The third-order valence-electron chi connectivity index (χ3n) is 5.04. The number of amides is 1. The van der Waals surface area contributed by atoms with Crippen LogP contribution in [0.3, 0.4) is 0 Å². The average molecular weight is 440 g/mol. The molecule has 9 nitrogen and oxygen atoms in total. The summed E-state index contributed by atoms with van der Waals surface area (Å²) >= 11 is 0. The number of aromatic nitrogens is 2. The molecular formula is C21H20N4O5S. The normalized spacial score (nSPS) is 14.1. The molecule has 0 atom stereocenters. The maximum Gasteiger partial charge on any atom is 0.356 e. The molecule has 0 radical (unpaired) electrons. The lowest BCUT2D eigenvalue weighted by Crippen LogP contribution is -2.36. The molecule has 1 aliphatic rings. The van der Waals surface area contributed by atoms with Crippen LogP contribution < -0.4 is 5.32 Å². The van der Waals surface area contributed by atoms with E-state index in [1.807, 2.05) is 30.3 Å². The van der Waals surface area contributed by atoms with Gasteiger partial charge < -0.3 is 10.4 Å². The third kappa shape index (κ3) is 3.94. The van der Waals surface area contributed by atoms with Gasteiger partial charge in [-0.05, 0) is 36.4 Å². The van der Waals surface area contributed by atoms with Gasteiger partial charge in [-0.2, -0.15) is 9.40 Å². The summed E-state index contributed by atoms with van der Waals surface area (Å²) in [4.78, 5) is 23.0. The van der Waals surface area contributed by atoms with Crippen LogP contribution in [0.15, 0.2) is 59.5 Å². The zero-order chi connectivity index (χ0) is 22.2. The number of rotatable bonds is 5. The van der Waals surface area contributed by atoms with Crippen molar-refractivity contribution in [1.82, 2.24) is 14.1 Å². The lowest BCUT2D eigenvalue weighted by atomic mass is 10.1. The molecule has 2 aromatic carbocycles. The van der Waals surface area contributed by atoms with Crippen molar-refractivity contribution in [1.29, 1.82) is 0 Å². The molecule has 0 saturated heterocycles. The topological polar surface area (TPSA) is 122 Å². The number of nitrogens with zero attached hydrogens (tertiary/aromatic N) is 3. The molecule has 3 aromatic rings. The SMILES string of the molecule is CC(=O)Nc1ccc(S(=O)(=O)N2CCc3c(c(C(=O)O)nn3-c3ccccc3)C2)cc1. The van der Waals surface area contributed by atoms with Crippen LogP contribution in [0.5, 0.6) is 0 Å². The zero-order valence-corrected chi connectivity index (χ0v) is 17.5. The molecule has 0 fully saturated rings. The fourth-order valence-corrected chi connectivity index (χ4v) is 5.03. The Morgan fingerprint density at radius 3 is 2.35 bits per heavy atom. The molecule has 0 unspecified atom stereocenters. The van der Waals surface area contributed by atoms with Crippen molar-refractivity contribution >= 4 is 27.6 Å². The fraction of sp³-hybridized carbons (Fsp3) is 0.190. The standard InChI is InChI=1S/C21H20N4O5S/c1-14(26)22-15-7-9-17(10-8-15)31(29,30)24-12-11-19-18(13-24)20(21(27)28)23-25(19)16-5-3-2-4-6-16/h2-10H,11-13H2,1H3,(H,22,26)(H,27,28). The number of benzene rings is 2. The minimum atomic E-state index is -3.86. The number of carbonyl (C=O) groups is 2. The van der Waals surface area contributed by atoms with Crippen LogP contribution in [-0.2, 0) is 27.8 Å². The minimum absolute atomic E-state index is 0.0670. The molecule has 2 heterocycles. The lowest BCUT2D eigenvalue weighted by Gasteiger charge is -2.27. The molecule has 0 bridgehead atoms. The number of aromatic carboxylic acids is 1. The Morgan fingerprint density at radius 1 is 1.06 bits per heavy atom. The quantitative estimate of drug-likeness (QED) is 0.628. The van der Waals surface area contributed by atoms with Crippen molar-refractivity contribution in [2.24, 2.45) is 0 Å². The molecule has 0 saturated carbocycles. The Kier molecular flexibility index (Phi) is 5.34. The van der Waals surface area contributed by atoms with Gasteiger partial charge in [-0.15, -0.1) is 0 Å². The fourth-order valence-electron chi connectivity index (χ4n) is 3.62. The number of anilines is 1. The summed E-state index contributed by atoms with van der Waals surface area (Å²) < 4.78 is 29.1. The third-order valence-corrected chi connectivity index (χ3v) is 6.90. The highest BCUT2D eigenvalue weighted by Gasteiger charge is 2.34. The van der Waals surface area contributed by atoms with Crippen molar-refractivity contribution in [2.75, 3.05) is 11.9 Å². The van der Waals surface area contributed by atoms with E-state index >= 15 is 0 Å². The van der Waals surface area contributed by atoms with Gasteiger partial charge in [-0.1, -0.05) is 18.2 Å². The van der Waals surface area contributed by atoms with Gasteiger partial charge in [0.2, 0.25) is 15.9 Å². The molecular weight excluding hydrogens is 420 g/mol. The van der Waals surface area contributed by atoms with Gasteiger partial charge in [0.05, 0.1) is 16.3 Å². The number of fused-ring (bicyclic) bond motifs is 1. The summed E-state index contributed by atoms with van der Waals surface area (Å²) in [6.45, 7) is 1.48. The molecule has 1 aliphatic heterocycles. The predicted octanol–water partition coefficient (Wildman–Crippen LogP) is 2.28. The van der Waals surface area contributed by atoms with Gasteiger partial charge in [0.1, 0.15) is 0 Å². The first-order valence-electron chi connectivity index (χ1n) is 9.54. The van der Waals surface area contributed by atoms with E-state index in [2.05, 4.69) is 10.4 Å².